The first-order chi connectivity index (χ1) is 51.0. The third-order valence-electron chi connectivity index (χ3n) is 18.3. The number of carboxylic acid groups (broad SMARTS) is 1. The normalized spacial score (nSPS) is 18.9. The van der Waals surface area contributed by atoms with Gasteiger partial charge in [-0.1, -0.05) is 47.8 Å². The topological polar surface area (TPSA) is 238 Å². The fourth-order valence-corrected chi connectivity index (χ4v) is 17.7. The number of benzene rings is 8. The molecule has 4 fully saturated rings. The molecule has 4 saturated carbocycles. The second-order valence-corrected chi connectivity index (χ2v) is 32.3. The predicted molar refractivity (Wildman–Crippen MR) is 404 cm³/mol. The van der Waals surface area contributed by atoms with Crippen LogP contribution in [0.25, 0.3) is 0 Å². The van der Waals surface area contributed by atoms with E-state index in [4.69, 9.17) is 39.9 Å². The minimum Gasteiger partial charge on any atom is -0.481 e. The number of aliphatic carboxylic acids is 1. The summed E-state index contributed by atoms with van der Waals surface area (Å²) in [5, 5.41) is 57.7. The maximum absolute atomic E-state index is 14.2. The fraction of sp³-hybridized carbons (Fsp3) is 0.308. The SMILES string of the molecule is CCC1(C(=O)O)CC(Sc2cc(C(=O)Nc3ccc(F)c(Cl)c3)ccc2F)C1.N#Cc1ccc(C(=O)Nc2cc(F)c(F)c(F)c2)cc1SC1CCC(O)CC1.O=C(Nc1ccc(F)c(Cl)c1)c1ccc(F)c(SCC2(CCO)CC2)c1.O=C(Nc1ccc(F)c(Cl)c1)c1cccc(SC2CCC(O)CC2)c1. The smallest absolute Gasteiger partial charge is 0.309 e. The quantitative estimate of drug-likeness (QED) is 0.0190. The first-order valence-electron chi connectivity index (χ1n) is 33.9. The Kier molecular flexibility index (Phi) is 30.0. The van der Waals surface area contributed by atoms with E-state index in [2.05, 4.69) is 27.3 Å². The lowest BCUT2D eigenvalue weighted by Gasteiger charge is -2.43. The Bertz CT molecular complexity index is 4580. The zero-order chi connectivity index (χ0) is 77.3. The molecule has 4 amide bonds. The molecule has 0 aliphatic heterocycles. The number of hydrogen-bond donors (Lipinski definition) is 8. The van der Waals surface area contributed by atoms with Gasteiger partial charge in [0.1, 0.15) is 35.2 Å². The Labute approximate surface area is 644 Å². The number of anilines is 4. The highest BCUT2D eigenvalue weighted by molar-refractivity contribution is 8.00. The Hall–Kier alpha value is -7.81. The number of amides is 4. The average Bonchev–Trinajstić information content (AvgIpc) is 1.44. The molecule has 107 heavy (non-hydrogen) atoms. The van der Waals surface area contributed by atoms with Crippen LogP contribution >= 0.6 is 81.9 Å². The van der Waals surface area contributed by atoms with E-state index >= 15 is 0 Å². The van der Waals surface area contributed by atoms with E-state index in [1.165, 1.54) is 132 Å². The van der Waals surface area contributed by atoms with Gasteiger partial charge in [-0.25, -0.2) is 35.1 Å². The summed E-state index contributed by atoms with van der Waals surface area (Å²) in [7, 11) is 0. The number of nitrogens with one attached hydrogen (secondary N) is 4. The Morgan fingerprint density at radius 2 is 0.897 bits per heavy atom. The number of aliphatic hydroxyl groups excluding tert-OH is 3. The molecule has 4 aliphatic rings. The zero-order valence-corrected chi connectivity index (χ0v) is 62.7. The van der Waals surface area contributed by atoms with Crippen molar-refractivity contribution >= 4 is 134 Å². The molecule has 0 spiro atoms. The standard InChI is InChI=1S/C20H18ClF2NO3S.C20H17F3N2O2S.C19H18ClF2NO2S.C19H19ClFNO2S/c1-2-20(19(26)27)9-13(10-20)28-17-7-11(3-5-16(17)23)18(25)24-12-4-6-15(22)14(21)8-12;21-16-8-13(9-17(22)19(16)23)25-20(27)11-1-2-12(10-24)18(7-11)28-15-5-3-14(26)4-6-15;20-14-10-13(2-4-15(14)21)23-18(25)12-1-3-16(22)17(9-12)26-11-19(5-6-19)7-8-24;20-17-11-13(4-9-18(17)21)22-19(24)12-2-1-3-16(10-12)25-15-7-5-14(23)6-8-15/h3-8,13H,2,9-10H2,1H3,(H,24,25)(H,26,27);1-2,7-9,14-15,26H,3-6H2,(H,25,27);1-4,9-10,24H,5-8,11H2,(H,23,25);1-4,9-11,14-15,23H,5-8H2,(H,22,24). The highest BCUT2D eigenvalue weighted by atomic mass is 35.5. The summed E-state index contributed by atoms with van der Waals surface area (Å²) in [6.07, 6.45) is 10.4. The maximum Gasteiger partial charge on any atom is 0.309 e. The zero-order valence-electron chi connectivity index (χ0n) is 57.1. The van der Waals surface area contributed by atoms with E-state index in [0.29, 0.717) is 110 Å². The highest BCUT2D eigenvalue weighted by Crippen LogP contribution is 2.53. The van der Waals surface area contributed by atoms with Crippen molar-refractivity contribution in [3.63, 3.8) is 0 Å². The van der Waals surface area contributed by atoms with Gasteiger partial charge in [0.2, 0.25) is 0 Å². The summed E-state index contributed by atoms with van der Waals surface area (Å²) >= 11 is 23.0. The number of carbonyl (C=O) groups is 5. The van der Waals surface area contributed by atoms with Gasteiger partial charge in [-0.05, 0) is 223 Å². The molecule has 14 nitrogen and oxygen atoms in total. The van der Waals surface area contributed by atoms with Crippen LogP contribution in [0.3, 0.4) is 0 Å². The Balaban J connectivity index is 0.000000165. The summed E-state index contributed by atoms with van der Waals surface area (Å²) in [5.41, 5.74) is 2.01. The number of rotatable bonds is 21. The largest absolute Gasteiger partial charge is 0.481 e. The van der Waals surface area contributed by atoms with Gasteiger partial charge in [-0.2, -0.15) is 5.26 Å². The monoisotopic (exact) mass is 1610 g/mol. The lowest BCUT2D eigenvalue weighted by molar-refractivity contribution is -0.154. The molecule has 0 aromatic heterocycles. The van der Waals surface area contributed by atoms with Gasteiger partial charge < -0.3 is 41.7 Å². The van der Waals surface area contributed by atoms with Crippen LogP contribution in [0, 0.1) is 68.7 Å². The van der Waals surface area contributed by atoms with E-state index in [0.717, 1.165) is 62.3 Å². The van der Waals surface area contributed by atoms with Gasteiger partial charge >= 0.3 is 5.97 Å². The molecule has 4 aliphatic carbocycles. The van der Waals surface area contributed by atoms with E-state index in [1.54, 1.807) is 23.9 Å². The van der Waals surface area contributed by atoms with E-state index < -0.39 is 69.8 Å². The van der Waals surface area contributed by atoms with Gasteiger partial charge in [-0.3, -0.25) is 24.0 Å². The van der Waals surface area contributed by atoms with Crippen LogP contribution < -0.4 is 21.3 Å². The van der Waals surface area contributed by atoms with Crippen molar-refractivity contribution in [2.24, 2.45) is 10.8 Å². The van der Waals surface area contributed by atoms with E-state index in [-0.39, 0.29) is 78.3 Å². The summed E-state index contributed by atoms with van der Waals surface area (Å²) in [5.74, 6) is -8.82. The number of carbonyl (C=O) groups excluding carboxylic acids is 4. The average molecular weight is 1610 g/mol. The van der Waals surface area contributed by atoms with Crippen molar-refractivity contribution in [3.05, 3.63) is 235 Å². The summed E-state index contributed by atoms with van der Waals surface area (Å²) < 4.78 is 108. The third kappa shape index (κ3) is 23.6. The first kappa shape index (κ1) is 83.2. The second kappa shape index (κ2) is 38.5. The Morgan fingerprint density at radius 1 is 0.486 bits per heavy atom. The van der Waals surface area contributed by atoms with Crippen LogP contribution in [-0.4, -0.2) is 90.3 Å². The van der Waals surface area contributed by atoms with Crippen LogP contribution in [0.15, 0.2) is 165 Å². The van der Waals surface area contributed by atoms with Gasteiger partial charge in [0.05, 0.1) is 38.3 Å². The number of hydrogen-bond acceptors (Lipinski definition) is 13. The van der Waals surface area contributed by atoms with Crippen molar-refractivity contribution < 1.29 is 79.5 Å². The van der Waals surface area contributed by atoms with Crippen LogP contribution in [0.1, 0.15) is 144 Å². The Morgan fingerprint density at radius 3 is 1.34 bits per heavy atom. The highest BCUT2D eigenvalue weighted by Gasteiger charge is 2.49. The van der Waals surface area contributed by atoms with Crippen molar-refractivity contribution in [1.29, 1.82) is 5.26 Å². The summed E-state index contributed by atoms with van der Waals surface area (Å²) in [6, 6.07) is 35.4. The van der Waals surface area contributed by atoms with Crippen molar-refractivity contribution in [3.8, 4) is 6.07 Å². The molecule has 8 N–H and O–H groups in total. The van der Waals surface area contributed by atoms with Crippen molar-refractivity contribution in [2.45, 2.75) is 144 Å². The van der Waals surface area contributed by atoms with Crippen LogP contribution in [0.5, 0.6) is 0 Å². The molecule has 12 rings (SSSR count). The molecule has 0 saturated heterocycles. The third-order valence-corrected chi connectivity index (χ3v) is 24.5. The van der Waals surface area contributed by atoms with Gasteiger partial charge in [-0.15, -0.1) is 47.0 Å². The van der Waals surface area contributed by atoms with Crippen molar-refractivity contribution in [2.75, 3.05) is 33.6 Å². The number of halogens is 11. The molecular formula is C78H72Cl3F8N5O9S4. The second-order valence-electron chi connectivity index (χ2n) is 26.0. The van der Waals surface area contributed by atoms with Crippen molar-refractivity contribution in [1.82, 2.24) is 0 Å². The molecule has 0 heterocycles. The summed E-state index contributed by atoms with van der Waals surface area (Å²) in [4.78, 5) is 63.4. The number of carboxylic acids is 1. The van der Waals surface area contributed by atoms with E-state index in [1.807, 2.05) is 25.1 Å². The molecular weight excluding hydrogens is 1540 g/mol. The molecule has 8 aromatic carbocycles. The number of thioether (sulfide) groups is 4. The molecule has 0 unspecified atom stereocenters. The lowest BCUT2D eigenvalue weighted by Crippen LogP contribution is -2.45. The molecule has 564 valence electrons. The number of nitrogens with zero attached hydrogens (tertiary/aromatic N) is 1. The molecule has 0 radical (unpaired) electrons. The molecule has 0 bridgehead atoms. The first-order valence-corrected chi connectivity index (χ1v) is 38.6. The fourth-order valence-electron chi connectivity index (χ4n) is 11.7. The minimum absolute atomic E-state index is 0.0141. The predicted octanol–water partition coefficient (Wildman–Crippen LogP) is 20.5. The minimum atomic E-state index is -1.60. The van der Waals surface area contributed by atoms with Gasteiger partial charge in [0.25, 0.3) is 23.6 Å². The van der Waals surface area contributed by atoms with Crippen LogP contribution in [-0.2, 0) is 4.79 Å². The lowest BCUT2D eigenvalue weighted by atomic mass is 9.67. The van der Waals surface area contributed by atoms with Gasteiger partial charge in [0.15, 0.2) is 17.5 Å². The number of aliphatic hydroxyl groups is 3. The molecule has 29 heteroatoms. The number of nitriles is 1. The van der Waals surface area contributed by atoms with Gasteiger partial charge in [0, 0.05) is 105 Å². The summed E-state index contributed by atoms with van der Waals surface area (Å²) in [6.45, 7) is 1.97. The maximum atomic E-state index is 14.2. The van der Waals surface area contributed by atoms with Crippen LogP contribution in [0.4, 0.5) is 57.9 Å². The van der Waals surface area contributed by atoms with E-state index in [9.17, 15) is 79.7 Å². The molecule has 8 aromatic rings. The molecule has 0 atom stereocenters. The van der Waals surface area contributed by atoms with Crippen LogP contribution in [0.2, 0.25) is 15.1 Å².